The van der Waals surface area contributed by atoms with E-state index in [1.54, 1.807) is 24.4 Å². The summed E-state index contributed by atoms with van der Waals surface area (Å²) in [6.07, 6.45) is 6.55. The molecule has 1 saturated carbocycles. The van der Waals surface area contributed by atoms with Crippen LogP contribution < -0.4 is 5.32 Å². The monoisotopic (exact) mass is 439 g/mol. The van der Waals surface area contributed by atoms with E-state index in [4.69, 9.17) is 5.11 Å². The van der Waals surface area contributed by atoms with Gasteiger partial charge in [0.1, 0.15) is 6.04 Å². The van der Waals surface area contributed by atoms with Crippen molar-refractivity contribution in [2.24, 2.45) is 10.8 Å². The molecule has 1 aliphatic carbocycles. The molecule has 0 unspecified atom stereocenters. The van der Waals surface area contributed by atoms with Gasteiger partial charge < -0.3 is 20.5 Å². The van der Waals surface area contributed by atoms with Crippen molar-refractivity contribution in [1.82, 2.24) is 9.88 Å². The van der Waals surface area contributed by atoms with E-state index in [-0.39, 0.29) is 16.9 Å². The van der Waals surface area contributed by atoms with Gasteiger partial charge in [-0.15, -0.1) is 0 Å². The molecule has 32 heavy (non-hydrogen) atoms. The third-order valence-corrected chi connectivity index (χ3v) is 6.67. The number of carbonyl (C=O) groups is 3. The number of carboxylic acid groups (broad SMARTS) is 2. The predicted molar refractivity (Wildman–Crippen MR) is 120 cm³/mol. The molecular formula is C24H29N3O5. The summed E-state index contributed by atoms with van der Waals surface area (Å²) in [6.45, 7) is 7.56. The summed E-state index contributed by atoms with van der Waals surface area (Å²) in [5, 5.41) is 22.3. The second-order valence-corrected chi connectivity index (χ2v) is 10.3. The standard InChI is InChI=1S/C24H29N3O5/c1-23(2)9-15-10-24(3,12-23)13-27(15)21(22(31)32)17-11-25-18-8-14(4-5-16(17)18)26-19(28)6-7-20(29)30/h4-8,11,15,21,25H,9-10,12-13H2,1-3H3,(H,26,28)(H,29,30)(H,31,32)/b7-6+/t15-,21-,24-/m0/s1. The number of amides is 1. The quantitative estimate of drug-likeness (QED) is 0.508. The molecule has 1 amide bonds. The van der Waals surface area contributed by atoms with Gasteiger partial charge in [0.05, 0.1) is 0 Å². The van der Waals surface area contributed by atoms with Crippen LogP contribution in [0.5, 0.6) is 0 Å². The largest absolute Gasteiger partial charge is 0.480 e. The zero-order valence-electron chi connectivity index (χ0n) is 18.5. The van der Waals surface area contributed by atoms with Gasteiger partial charge in [0.2, 0.25) is 5.91 Å². The third kappa shape index (κ3) is 4.27. The molecule has 2 aliphatic rings. The number of fused-ring (bicyclic) bond motifs is 3. The highest BCUT2D eigenvalue weighted by Gasteiger charge is 2.52. The van der Waals surface area contributed by atoms with Crippen LogP contribution in [0.25, 0.3) is 10.9 Å². The Bertz CT molecular complexity index is 1120. The Balaban J connectivity index is 1.62. The van der Waals surface area contributed by atoms with Gasteiger partial charge >= 0.3 is 11.9 Å². The van der Waals surface area contributed by atoms with Gasteiger partial charge in [-0.2, -0.15) is 0 Å². The number of benzene rings is 1. The molecule has 8 heteroatoms. The van der Waals surface area contributed by atoms with Crippen molar-refractivity contribution < 1.29 is 24.6 Å². The molecule has 4 N–H and O–H groups in total. The fourth-order valence-electron chi connectivity index (χ4n) is 6.04. The van der Waals surface area contributed by atoms with Gasteiger partial charge in [-0.3, -0.25) is 14.5 Å². The fraction of sp³-hybridized carbons (Fsp3) is 0.458. The number of hydrogen-bond acceptors (Lipinski definition) is 4. The molecule has 3 atom stereocenters. The van der Waals surface area contributed by atoms with Gasteiger partial charge in [-0.05, 0) is 42.2 Å². The molecule has 0 spiro atoms. The average Bonchev–Trinajstić information content (AvgIpc) is 3.17. The minimum atomic E-state index is -1.20. The van der Waals surface area contributed by atoms with Crippen molar-refractivity contribution in [3.63, 3.8) is 0 Å². The molecule has 4 rings (SSSR count). The maximum atomic E-state index is 12.5. The molecule has 0 radical (unpaired) electrons. The molecule has 8 nitrogen and oxygen atoms in total. The smallest absolute Gasteiger partial charge is 0.328 e. The third-order valence-electron chi connectivity index (χ3n) is 6.67. The molecule has 2 heterocycles. The number of carbonyl (C=O) groups excluding carboxylic acids is 1. The topological polar surface area (TPSA) is 123 Å². The maximum Gasteiger partial charge on any atom is 0.328 e. The molecule has 2 bridgehead atoms. The summed E-state index contributed by atoms with van der Waals surface area (Å²) >= 11 is 0. The highest BCUT2D eigenvalue weighted by molar-refractivity contribution is 6.03. The summed E-state index contributed by atoms with van der Waals surface area (Å²) in [6, 6.07) is 4.69. The first-order valence-electron chi connectivity index (χ1n) is 10.8. The van der Waals surface area contributed by atoms with Crippen molar-refractivity contribution >= 4 is 34.4 Å². The van der Waals surface area contributed by atoms with E-state index in [0.717, 1.165) is 43.3 Å². The average molecular weight is 440 g/mol. The summed E-state index contributed by atoms with van der Waals surface area (Å²) in [4.78, 5) is 40.2. The molecule has 1 saturated heterocycles. The fourth-order valence-corrected chi connectivity index (χ4v) is 6.04. The van der Waals surface area contributed by atoms with Gasteiger partial charge in [0.15, 0.2) is 0 Å². The first-order valence-corrected chi connectivity index (χ1v) is 10.8. The van der Waals surface area contributed by atoms with E-state index in [0.29, 0.717) is 16.8 Å². The second-order valence-electron chi connectivity index (χ2n) is 10.3. The molecule has 1 aromatic heterocycles. The minimum Gasteiger partial charge on any atom is -0.480 e. The van der Waals surface area contributed by atoms with Crippen molar-refractivity contribution in [3.05, 3.63) is 42.1 Å². The van der Waals surface area contributed by atoms with Crippen LogP contribution in [-0.4, -0.2) is 50.5 Å². The minimum absolute atomic E-state index is 0.118. The number of aliphatic carboxylic acids is 2. The Morgan fingerprint density at radius 1 is 1.19 bits per heavy atom. The lowest BCUT2D eigenvalue weighted by molar-refractivity contribution is -0.144. The normalized spacial score (nSPS) is 25.8. The van der Waals surface area contributed by atoms with E-state index in [1.807, 2.05) is 0 Å². The van der Waals surface area contributed by atoms with Crippen LogP contribution in [0.2, 0.25) is 0 Å². The van der Waals surface area contributed by atoms with Crippen LogP contribution in [-0.2, 0) is 14.4 Å². The number of carboxylic acids is 2. The molecule has 2 fully saturated rings. The van der Waals surface area contributed by atoms with Gasteiger partial charge in [-0.1, -0.05) is 26.8 Å². The van der Waals surface area contributed by atoms with Crippen molar-refractivity contribution in [2.45, 2.75) is 52.1 Å². The summed E-state index contributed by atoms with van der Waals surface area (Å²) in [7, 11) is 0. The Morgan fingerprint density at radius 3 is 2.62 bits per heavy atom. The van der Waals surface area contributed by atoms with Crippen molar-refractivity contribution in [2.75, 3.05) is 11.9 Å². The Hall–Kier alpha value is -3.13. The second kappa shape index (κ2) is 7.78. The number of anilines is 1. The number of H-pyrrole nitrogens is 1. The SMILES string of the molecule is CC1(C)C[C@H]2C[C@](C)(CN2[C@H](C(=O)O)c2c[nH]c3cc(NC(=O)/C=C/C(=O)O)ccc23)C1. The highest BCUT2D eigenvalue weighted by Crippen LogP contribution is 2.54. The summed E-state index contributed by atoms with van der Waals surface area (Å²) in [5.41, 5.74) is 2.22. The van der Waals surface area contributed by atoms with E-state index >= 15 is 0 Å². The van der Waals surface area contributed by atoms with Crippen LogP contribution in [0.1, 0.15) is 51.6 Å². The lowest BCUT2D eigenvalue weighted by Gasteiger charge is -2.40. The summed E-state index contributed by atoms with van der Waals surface area (Å²) < 4.78 is 0. The zero-order valence-corrected chi connectivity index (χ0v) is 18.5. The van der Waals surface area contributed by atoms with Crippen molar-refractivity contribution in [3.8, 4) is 0 Å². The number of aromatic amines is 1. The molecule has 1 aromatic carbocycles. The Morgan fingerprint density at radius 2 is 1.94 bits per heavy atom. The number of aromatic nitrogens is 1. The van der Waals surface area contributed by atoms with Crippen LogP contribution in [0, 0.1) is 10.8 Å². The van der Waals surface area contributed by atoms with E-state index in [2.05, 4.69) is 36.0 Å². The first-order chi connectivity index (χ1) is 15.0. The number of rotatable bonds is 6. The summed E-state index contributed by atoms with van der Waals surface area (Å²) in [5.74, 6) is -2.62. The van der Waals surface area contributed by atoms with Crippen LogP contribution >= 0.6 is 0 Å². The number of hydrogen-bond donors (Lipinski definition) is 4. The van der Waals surface area contributed by atoms with Crippen LogP contribution in [0.15, 0.2) is 36.5 Å². The van der Waals surface area contributed by atoms with Gasteiger partial charge in [0, 0.05) is 53.1 Å². The zero-order chi connectivity index (χ0) is 23.3. The maximum absolute atomic E-state index is 12.5. The Labute approximate surface area is 186 Å². The molecule has 2 aromatic rings. The van der Waals surface area contributed by atoms with Gasteiger partial charge in [0.25, 0.3) is 0 Å². The van der Waals surface area contributed by atoms with E-state index in [1.165, 1.54) is 0 Å². The number of nitrogens with zero attached hydrogens (tertiary/aromatic N) is 1. The lowest BCUT2D eigenvalue weighted by atomic mass is 9.65. The van der Waals surface area contributed by atoms with Crippen LogP contribution in [0.4, 0.5) is 5.69 Å². The van der Waals surface area contributed by atoms with E-state index < -0.39 is 23.9 Å². The lowest BCUT2D eigenvalue weighted by Crippen LogP contribution is -2.39. The first kappa shape index (κ1) is 22.1. The number of nitrogens with one attached hydrogen (secondary N) is 2. The van der Waals surface area contributed by atoms with Gasteiger partial charge in [-0.25, -0.2) is 4.79 Å². The number of likely N-dealkylation sites (tertiary alicyclic amines) is 1. The predicted octanol–water partition coefficient (Wildman–Crippen LogP) is 3.77. The molecule has 170 valence electrons. The van der Waals surface area contributed by atoms with Crippen LogP contribution in [0.3, 0.4) is 0 Å². The molecule has 1 aliphatic heterocycles. The molecular weight excluding hydrogens is 410 g/mol. The van der Waals surface area contributed by atoms with E-state index in [9.17, 15) is 19.5 Å². The highest BCUT2D eigenvalue weighted by atomic mass is 16.4. The Kier molecular flexibility index (Phi) is 5.36. The van der Waals surface area contributed by atoms with Crippen molar-refractivity contribution in [1.29, 1.82) is 0 Å².